The monoisotopic (exact) mass is 289 g/mol. The summed E-state index contributed by atoms with van der Waals surface area (Å²) < 4.78 is 0. The van der Waals surface area contributed by atoms with Gasteiger partial charge in [0, 0.05) is 20.9 Å². The van der Waals surface area contributed by atoms with Gasteiger partial charge in [-0.1, -0.05) is 41.6 Å². The standard InChI is InChI=1S/C16H16ClNS/c1-18(2)14-10-11-9-12(17)7-8-15(11)19-16-6-4-3-5-13(14)16/h3-9,14H,10H2,1-2H3/t14-/m1/s1. The highest BCUT2D eigenvalue weighted by Gasteiger charge is 2.23. The average molecular weight is 290 g/mol. The van der Waals surface area contributed by atoms with Crippen LogP contribution in [0.1, 0.15) is 17.2 Å². The maximum absolute atomic E-state index is 6.15. The zero-order valence-electron chi connectivity index (χ0n) is 11.1. The van der Waals surface area contributed by atoms with E-state index < -0.39 is 0 Å². The number of hydrogen-bond acceptors (Lipinski definition) is 2. The van der Waals surface area contributed by atoms with Gasteiger partial charge in [0.1, 0.15) is 0 Å². The van der Waals surface area contributed by atoms with Crippen LogP contribution in [0.2, 0.25) is 5.02 Å². The second kappa shape index (κ2) is 5.20. The van der Waals surface area contributed by atoms with Crippen molar-refractivity contribution in [3.8, 4) is 0 Å². The van der Waals surface area contributed by atoms with Crippen LogP contribution >= 0.6 is 23.4 Å². The lowest BCUT2D eigenvalue weighted by atomic mass is 9.98. The Balaban J connectivity index is 2.14. The van der Waals surface area contributed by atoms with Gasteiger partial charge in [-0.25, -0.2) is 0 Å². The summed E-state index contributed by atoms with van der Waals surface area (Å²) in [4.78, 5) is 4.96. The zero-order chi connectivity index (χ0) is 13.4. The normalized spacial score (nSPS) is 17.8. The summed E-state index contributed by atoms with van der Waals surface area (Å²) in [5.41, 5.74) is 2.75. The number of halogens is 1. The summed E-state index contributed by atoms with van der Waals surface area (Å²) in [5, 5.41) is 0.822. The number of fused-ring (bicyclic) bond motifs is 2. The van der Waals surface area contributed by atoms with Crippen LogP contribution in [0.15, 0.2) is 52.3 Å². The van der Waals surface area contributed by atoms with E-state index in [0.29, 0.717) is 6.04 Å². The molecule has 1 aliphatic heterocycles. The Hall–Kier alpha value is -0.960. The van der Waals surface area contributed by atoms with Crippen LogP contribution in [-0.2, 0) is 6.42 Å². The predicted octanol–water partition coefficient (Wildman–Crippen LogP) is 4.65. The Morgan fingerprint density at radius 2 is 1.89 bits per heavy atom. The van der Waals surface area contributed by atoms with Crippen molar-refractivity contribution >= 4 is 23.4 Å². The molecule has 0 radical (unpaired) electrons. The first-order chi connectivity index (χ1) is 9.15. The molecule has 0 unspecified atom stereocenters. The van der Waals surface area contributed by atoms with Gasteiger partial charge in [-0.15, -0.1) is 0 Å². The van der Waals surface area contributed by atoms with Gasteiger partial charge < -0.3 is 4.90 Å². The first-order valence-electron chi connectivity index (χ1n) is 6.37. The van der Waals surface area contributed by atoms with Gasteiger partial charge >= 0.3 is 0 Å². The molecule has 1 nitrogen and oxygen atoms in total. The molecule has 0 aliphatic carbocycles. The SMILES string of the molecule is CN(C)[C@@H]1Cc2cc(Cl)ccc2Sc2ccccc21. The molecule has 2 aromatic carbocycles. The summed E-state index contributed by atoms with van der Waals surface area (Å²) >= 11 is 7.99. The summed E-state index contributed by atoms with van der Waals surface area (Å²) in [5.74, 6) is 0. The van der Waals surface area contributed by atoms with Crippen molar-refractivity contribution in [2.75, 3.05) is 14.1 Å². The molecule has 0 saturated heterocycles. The van der Waals surface area contributed by atoms with E-state index in [-0.39, 0.29) is 0 Å². The van der Waals surface area contributed by atoms with Crippen molar-refractivity contribution in [2.24, 2.45) is 0 Å². The van der Waals surface area contributed by atoms with E-state index in [9.17, 15) is 0 Å². The van der Waals surface area contributed by atoms with Crippen molar-refractivity contribution in [2.45, 2.75) is 22.3 Å². The fourth-order valence-electron chi connectivity index (χ4n) is 2.55. The van der Waals surface area contributed by atoms with E-state index in [4.69, 9.17) is 11.6 Å². The molecule has 0 amide bonds. The molecule has 0 spiro atoms. The lowest BCUT2D eigenvalue weighted by Crippen LogP contribution is -2.22. The van der Waals surface area contributed by atoms with Gasteiger partial charge in [0.2, 0.25) is 0 Å². The molecule has 98 valence electrons. The largest absolute Gasteiger partial charge is 0.302 e. The van der Waals surface area contributed by atoms with Crippen LogP contribution in [0.3, 0.4) is 0 Å². The smallest absolute Gasteiger partial charge is 0.0409 e. The molecule has 0 N–H and O–H groups in total. The summed E-state index contributed by atoms with van der Waals surface area (Å²) in [6.07, 6.45) is 1.01. The molecule has 3 heteroatoms. The van der Waals surface area contributed by atoms with Gasteiger partial charge in [0.15, 0.2) is 0 Å². The van der Waals surface area contributed by atoms with Gasteiger partial charge in [-0.3, -0.25) is 0 Å². The van der Waals surface area contributed by atoms with Crippen LogP contribution < -0.4 is 0 Å². The Morgan fingerprint density at radius 1 is 1.11 bits per heavy atom. The summed E-state index contributed by atoms with van der Waals surface area (Å²) in [6, 6.07) is 15.3. The second-order valence-corrected chi connectivity index (χ2v) is 6.60. The molecular weight excluding hydrogens is 274 g/mol. The Bertz CT molecular complexity index is 609. The molecule has 1 aliphatic rings. The fourth-order valence-corrected chi connectivity index (χ4v) is 3.86. The van der Waals surface area contributed by atoms with E-state index in [1.54, 1.807) is 0 Å². The second-order valence-electron chi connectivity index (χ2n) is 5.08. The van der Waals surface area contributed by atoms with Gasteiger partial charge in [0.25, 0.3) is 0 Å². The van der Waals surface area contributed by atoms with E-state index >= 15 is 0 Å². The first kappa shape index (κ1) is 13.0. The molecule has 19 heavy (non-hydrogen) atoms. The van der Waals surface area contributed by atoms with E-state index in [0.717, 1.165) is 11.4 Å². The van der Waals surface area contributed by atoms with Gasteiger partial charge in [0.05, 0.1) is 0 Å². The third kappa shape index (κ3) is 2.53. The van der Waals surface area contributed by atoms with Crippen molar-refractivity contribution in [3.05, 3.63) is 58.6 Å². The first-order valence-corrected chi connectivity index (χ1v) is 7.56. The fraction of sp³-hybridized carbons (Fsp3) is 0.250. The lowest BCUT2D eigenvalue weighted by molar-refractivity contribution is 0.294. The molecule has 3 rings (SSSR count). The highest BCUT2D eigenvalue weighted by atomic mass is 35.5. The number of nitrogens with zero attached hydrogens (tertiary/aromatic N) is 1. The number of hydrogen-bond donors (Lipinski definition) is 0. The molecule has 0 bridgehead atoms. The molecular formula is C16H16ClNS. The lowest BCUT2D eigenvalue weighted by Gasteiger charge is -2.24. The van der Waals surface area contributed by atoms with Crippen LogP contribution in [0.25, 0.3) is 0 Å². The zero-order valence-corrected chi connectivity index (χ0v) is 12.6. The predicted molar refractivity (Wildman–Crippen MR) is 82.1 cm³/mol. The Kier molecular flexibility index (Phi) is 3.57. The Morgan fingerprint density at radius 3 is 2.68 bits per heavy atom. The third-order valence-corrected chi connectivity index (χ3v) is 5.00. The van der Waals surface area contributed by atoms with Crippen molar-refractivity contribution in [1.29, 1.82) is 0 Å². The van der Waals surface area contributed by atoms with Crippen molar-refractivity contribution in [1.82, 2.24) is 4.90 Å². The van der Waals surface area contributed by atoms with Gasteiger partial charge in [-0.2, -0.15) is 0 Å². The third-order valence-electron chi connectivity index (χ3n) is 3.56. The minimum absolute atomic E-state index is 0.406. The maximum atomic E-state index is 6.15. The molecule has 2 aromatic rings. The summed E-state index contributed by atoms with van der Waals surface area (Å²) in [7, 11) is 4.28. The van der Waals surface area contributed by atoms with Crippen LogP contribution in [0, 0.1) is 0 Å². The molecule has 0 fully saturated rings. The minimum atomic E-state index is 0.406. The molecule has 1 heterocycles. The highest BCUT2D eigenvalue weighted by Crippen LogP contribution is 2.42. The Labute approximate surface area is 123 Å². The van der Waals surface area contributed by atoms with E-state index in [1.807, 2.05) is 17.8 Å². The van der Waals surface area contributed by atoms with Crippen molar-refractivity contribution in [3.63, 3.8) is 0 Å². The molecule has 0 saturated carbocycles. The number of benzene rings is 2. The van der Waals surface area contributed by atoms with Crippen molar-refractivity contribution < 1.29 is 0 Å². The molecule has 1 atom stereocenters. The highest BCUT2D eigenvalue weighted by molar-refractivity contribution is 7.99. The van der Waals surface area contributed by atoms with E-state index in [2.05, 4.69) is 55.4 Å². The number of rotatable bonds is 1. The van der Waals surface area contributed by atoms with Crippen LogP contribution in [0.4, 0.5) is 0 Å². The maximum Gasteiger partial charge on any atom is 0.0409 e. The average Bonchev–Trinajstić information content (AvgIpc) is 2.55. The van der Waals surface area contributed by atoms with Gasteiger partial charge in [-0.05, 0) is 55.9 Å². The molecule has 0 aromatic heterocycles. The number of likely N-dealkylation sites (N-methyl/N-ethyl adjacent to an activating group) is 1. The minimum Gasteiger partial charge on any atom is -0.302 e. The van der Waals surface area contributed by atoms with E-state index in [1.165, 1.54) is 20.9 Å². The quantitative estimate of drug-likeness (QED) is 0.752. The summed E-state index contributed by atoms with van der Waals surface area (Å²) in [6.45, 7) is 0. The topological polar surface area (TPSA) is 3.24 Å². The van der Waals surface area contributed by atoms with Crippen LogP contribution in [0.5, 0.6) is 0 Å². The van der Waals surface area contributed by atoms with Crippen LogP contribution in [-0.4, -0.2) is 19.0 Å².